The highest BCUT2D eigenvalue weighted by Crippen LogP contribution is 2.30. The molecule has 0 fully saturated rings. The average molecular weight is 270 g/mol. The summed E-state index contributed by atoms with van der Waals surface area (Å²) in [6, 6.07) is 5.08. The second kappa shape index (κ2) is 7.38. The summed E-state index contributed by atoms with van der Waals surface area (Å²) >= 11 is 1.23. The van der Waals surface area contributed by atoms with E-state index in [0.29, 0.717) is 4.90 Å². The Labute approximate surface area is 112 Å². The van der Waals surface area contributed by atoms with Crippen molar-refractivity contribution in [2.24, 2.45) is 0 Å². The highest BCUT2D eigenvalue weighted by Gasteiger charge is 2.15. The number of hydrogen-bond donors (Lipinski definition) is 2. The smallest absolute Gasteiger partial charge is 0.230 e. The Bertz CT molecular complexity index is 412. The molecule has 5 heteroatoms. The lowest BCUT2D eigenvalue weighted by Crippen LogP contribution is -2.21. The molecular weight excluding hydrogens is 251 g/mol. The first kappa shape index (κ1) is 15.0. The summed E-state index contributed by atoms with van der Waals surface area (Å²) in [6.45, 7) is 4.81. The van der Waals surface area contributed by atoms with Gasteiger partial charge in [0.15, 0.2) is 0 Å². The molecule has 1 rings (SSSR count). The van der Waals surface area contributed by atoms with E-state index in [1.54, 1.807) is 13.1 Å². The fraction of sp³-hybridized carbons (Fsp3) is 0.462. The summed E-state index contributed by atoms with van der Waals surface area (Å²) in [7, 11) is 1.58. The van der Waals surface area contributed by atoms with Crippen molar-refractivity contribution >= 4 is 17.7 Å². The zero-order valence-corrected chi connectivity index (χ0v) is 11.7. The first-order valence-electron chi connectivity index (χ1n) is 5.95. The molecule has 0 saturated carbocycles. The Morgan fingerprint density at radius 2 is 2.22 bits per heavy atom. The van der Waals surface area contributed by atoms with E-state index in [1.807, 2.05) is 19.9 Å². The van der Waals surface area contributed by atoms with Gasteiger partial charge in [-0.3, -0.25) is 4.79 Å². The average Bonchev–Trinajstić information content (AvgIpc) is 2.36. The lowest BCUT2D eigenvalue weighted by molar-refractivity contribution is -0.118. The maximum atomic E-state index is 13.8. The molecule has 0 aromatic heterocycles. The number of nitrogens with one attached hydrogen (secondary N) is 2. The Hall–Kier alpha value is -1.07. The number of rotatable bonds is 6. The predicted octanol–water partition coefficient (Wildman–Crippen LogP) is 2.33. The van der Waals surface area contributed by atoms with Crippen LogP contribution in [0.3, 0.4) is 0 Å². The van der Waals surface area contributed by atoms with Crippen molar-refractivity contribution in [3.8, 4) is 0 Å². The van der Waals surface area contributed by atoms with Crippen LogP contribution in [0, 0.1) is 5.82 Å². The van der Waals surface area contributed by atoms with E-state index in [1.165, 1.54) is 17.8 Å². The van der Waals surface area contributed by atoms with Gasteiger partial charge < -0.3 is 10.6 Å². The minimum atomic E-state index is -0.272. The maximum absolute atomic E-state index is 13.8. The molecule has 18 heavy (non-hydrogen) atoms. The quantitative estimate of drug-likeness (QED) is 0.780. The van der Waals surface area contributed by atoms with Gasteiger partial charge in [0.25, 0.3) is 0 Å². The van der Waals surface area contributed by atoms with Gasteiger partial charge >= 0.3 is 0 Å². The van der Waals surface area contributed by atoms with Gasteiger partial charge in [0.05, 0.1) is 5.75 Å². The minimum Gasteiger partial charge on any atom is -0.358 e. The third-order valence-electron chi connectivity index (χ3n) is 2.60. The zero-order chi connectivity index (χ0) is 13.5. The number of carbonyl (C=O) groups is 1. The van der Waals surface area contributed by atoms with Crippen molar-refractivity contribution in [1.82, 2.24) is 10.6 Å². The predicted molar refractivity (Wildman–Crippen MR) is 73.3 cm³/mol. The summed E-state index contributed by atoms with van der Waals surface area (Å²) in [5.74, 6) is -0.153. The van der Waals surface area contributed by atoms with Gasteiger partial charge in [0.2, 0.25) is 5.91 Å². The first-order chi connectivity index (χ1) is 8.60. The van der Waals surface area contributed by atoms with Crippen LogP contribution in [0.15, 0.2) is 23.1 Å². The van der Waals surface area contributed by atoms with E-state index in [2.05, 4.69) is 10.6 Å². The fourth-order valence-corrected chi connectivity index (χ4v) is 2.68. The number of benzene rings is 1. The van der Waals surface area contributed by atoms with Crippen LogP contribution in [-0.4, -0.2) is 25.3 Å². The van der Waals surface area contributed by atoms with E-state index in [0.717, 1.165) is 12.1 Å². The first-order valence-corrected chi connectivity index (χ1v) is 6.93. The van der Waals surface area contributed by atoms with Crippen LogP contribution in [-0.2, 0) is 4.79 Å². The van der Waals surface area contributed by atoms with E-state index in [4.69, 9.17) is 0 Å². The molecule has 1 aromatic carbocycles. The summed E-state index contributed by atoms with van der Waals surface area (Å²) in [6.07, 6.45) is 0. The molecular formula is C13H19FN2OS. The molecule has 0 aliphatic heterocycles. The third-order valence-corrected chi connectivity index (χ3v) is 3.73. The highest BCUT2D eigenvalue weighted by molar-refractivity contribution is 8.00. The zero-order valence-electron chi connectivity index (χ0n) is 10.9. The van der Waals surface area contributed by atoms with Gasteiger partial charge in [-0.2, -0.15) is 0 Å². The molecule has 1 aromatic rings. The SMILES string of the molecule is CCNC(C)c1cccc(F)c1SCC(=O)NC. The molecule has 2 N–H and O–H groups in total. The van der Waals surface area contributed by atoms with Crippen molar-refractivity contribution in [3.05, 3.63) is 29.6 Å². The number of hydrogen-bond acceptors (Lipinski definition) is 3. The molecule has 0 heterocycles. The van der Waals surface area contributed by atoms with Crippen molar-refractivity contribution < 1.29 is 9.18 Å². The van der Waals surface area contributed by atoms with Crippen molar-refractivity contribution in [1.29, 1.82) is 0 Å². The Morgan fingerprint density at radius 1 is 1.50 bits per heavy atom. The standard InChI is InChI=1S/C13H19FN2OS/c1-4-16-9(2)10-6-5-7-11(14)13(10)18-8-12(17)15-3/h5-7,9,16H,4,8H2,1-3H3,(H,15,17). The lowest BCUT2D eigenvalue weighted by atomic mass is 10.1. The van der Waals surface area contributed by atoms with Crippen LogP contribution in [0.5, 0.6) is 0 Å². The number of carbonyl (C=O) groups excluding carboxylic acids is 1. The second-order valence-electron chi connectivity index (χ2n) is 3.90. The van der Waals surface area contributed by atoms with E-state index in [9.17, 15) is 9.18 Å². The minimum absolute atomic E-state index is 0.0675. The van der Waals surface area contributed by atoms with E-state index >= 15 is 0 Å². The van der Waals surface area contributed by atoms with Crippen LogP contribution in [0.25, 0.3) is 0 Å². The number of amides is 1. The Morgan fingerprint density at radius 3 is 2.83 bits per heavy atom. The van der Waals surface area contributed by atoms with E-state index < -0.39 is 0 Å². The van der Waals surface area contributed by atoms with Crippen molar-refractivity contribution in [2.45, 2.75) is 24.8 Å². The molecule has 1 unspecified atom stereocenters. The van der Waals surface area contributed by atoms with Gasteiger partial charge in [0, 0.05) is 18.0 Å². The van der Waals surface area contributed by atoms with Gasteiger partial charge in [-0.25, -0.2) is 4.39 Å². The molecule has 0 bridgehead atoms. The topological polar surface area (TPSA) is 41.1 Å². The normalized spacial score (nSPS) is 12.2. The highest BCUT2D eigenvalue weighted by atomic mass is 32.2. The summed E-state index contributed by atoms with van der Waals surface area (Å²) in [5.41, 5.74) is 0.894. The molecule has 0 aliphatic rings. The molecule has 0 aliphatic carbocycles. The largest absolute Gasteiger partial charge is 0.358 e. The van der Waals surface area contributed by atoms with Gasteiger partial charge in [-0.1, -0.05) is 19.1 Å². The van der Waals surface area contributed by atoms with Crippen LogP contribution in [0.1, 0.15) is 25.5 Å². The summed E-state index contributed by atoms with van der Waals surface area (Å²) in [5, 5.41) is 5.78. The summed E-state index contributed by atoms with van der Waals surface area (Å²) in [4.78, 5) is 11.8. The van der Waals surface area contributed by atoms with Gasteiger partial charge in [0.1, 0.15) is 5.82 Å². The molecule has 0 spiro atoms. The van der Waals surface area contributed by atoms with Crippen LogP contribution < -0.4 is 10.6 Å². The van der Waals surface area contributed by atoms with Crippen molar-refractivity contribution in [3.63, 3.8) is 0 Å². The van der Waals surface area contributed by atoms with Crippen LogP contribution in [0.2, 0.25) is 0 Å². The Balaban J connectivity index is 2.90. The van der Waals surface area contributed by atoms with Crippen LogP contribution in [0.4, 0.5) is 4.39 Å². The van der Waals surface area contributed by atoms with Crippen molar-refractivity contribution in [2.75, 3.05) is 19.3 Å². The third kappa shape index (κ3) is 3.99. The number of thioether (sulfide) groups is 1. The molecule has 3 nitrogen and oxygen atoms in total. The monoisotopic (exact) mass is 270 g/mol. The maximum Gasteiger partial charge on any atom is 0.230 e. The summed E-state index contributed by atoms with van der Waals surface area (Å²) < 4.78 is 13.8. The fourth-order valence-electron chi connectivity index (χ4n) is 1.64. The second-order valence-corrected chi connectivity index (χ2v) is 4.89. The molecule has 1 atom stereocenters. The van der Waals surface area contributed by atoms with Gasteiger partial charge in [-0.15, -0.1) is 11.8 Å². The lowest BCUT2D eigenvalue weighted by Gasteiger charge is -2.17. The van der Waals surface area contributed by atoms with Crippen LogP contribution >= 0.6 is 11.8 Å². The van der Waals surface area contributed by atoms with Gasteiger partial charge in [-0.05, 0) is 25.1 Å². The molecule has 0 radical (unpaired) electrons. The molecule has 1 amide bonds. The molecule has 100 valence electrons. The number of halogens is 1. The molecule has 0 saturated heterocycles. The van der Waals surface area contributed by atoms with E-state index in [-0.39, 0.29) is 23.5 Å². The Kier molecular flexibility index (Phi) is 6.15.